The maximum Gasteiger partial charge on any atom is 0.147 e. The van der Waals surface area contributed by atoms with E-state index >= 15 is 0 Å². The van der Waals surface area contributed by atoms with Crippen LogP contribution in [0.4, 0.5) is 10.1 Å². The van der Waals surface area contributed by atoms with E-state index in [1.54, 1.807) is 13.1 Å². The fourth-order valence-electron chi connectivity index (χ4n) is 2.20. The van der Waals surface area contributed by atoms with Crippen LogP contribution in [-0.2, 0) is 0 Å². The van der Waals surface area contributed by atoms with Crippen LogP contribution in [0.25, 0.3) is 0 Å². The first kappa shape index (κ1) is 12.3. The highest BCUT2D eigenvalue weighted by molar-refractivity contribution is 5.47. The molecule has 0 spiro atoms. The Morgan fingerprint density at radius 3 is 2.71 bits per heavy atom. The lowest BCUT2D eigenvalue weighted by Gasteiger charge is -2.21. The van der Waals surface area contributed by atoms with E-state index in [1.165, 1.54) is 6.07 Å². The normalized spacial score (nSPS) is 24.7. The van der Waals surface area contributed by atoms with Crippen molar-refractivity contribution in [3.63, 3.8) is 0 Å². The van der Waals surface area contributed by atoms with Gasteiger partial charge in [-0.1, -0.05) is 13.8 Å². The Morgan fingerprint density at radius 2 is 2.24 bits per heavy atom. The number of nitrogens with zero attached hydrogens (tertiary/aromatic N) is 2. The first-order valence-electron chi connectivity index (χ1n) is 6.02. The molecule has 1 N–H and O–H groups in total. The molecule has 0 bridgehead atoms. The molecule has 2 heterocycles. The molecule has 1 unspecified atom stereocenters. The molecule has 0 saturated carbocycles. The van der Waals surface area contributed by atoms with Crippen molar-refractivity contribution in [2.75, 3.05) is 18.0 Å². The van der Waals surface area contributed by atoms with Crippen LogP contribution in [0.5, 0.6) is 0 Å². The molecular formula is C13H19FN2O. The smallest absolute Gasteiger partial charge is 0.147 e. The number of β-amino-alcohol motifs (C(OH)–C–C–N with tert-alkyl or cyclic N) is 1. The largest absolute Gasteiger partial charge is 0.388 e. The van der Waals surface area contributed by atoms with Gasteiger partial charge in [-0.3, -0.25) is 4.98 Å². The minimum absolute atomic E-state index is 0.0886. The molecule has 4 heteroatoms. The molecule has 17 heavy (non-hydrogen) atoms. The number of hydrogen-bond donors (Lipinski definition) is 1. The third-order valence-corrected chi connectivity index (χ3v) is 3.22. The zero-order chi connectivity index (χ0) is 12.6. The minimum atomic E-state index is -0.673. The number of hydrogen-bond acceptors (Lipinski definition) is 3. The summed E-state index contributed by atoms with van der Waals surface area (Å²) in [5.74, 6) is -0.172. The Hall–Kier alpha value is -1.16. The van der Waals surface area contributed by atoms with Crippen LogP contribution in [0.2, 0.25) is 0 Å². The molecule has 1 saturated heterocycles. The number of halogens is 1. The average molecular weight is 238 g/mol. The molecule has 1 aromatic rings. The molecule has 1 fully saturated rings. The van der Waals surface area contributed by atoms with Gasteiger partial charge in [0.2, 0.25) is 0 Å². The van der Waals surface area contributed by atoms with Crippen molar-refractivity contribution in [3.8, 4) is 0 Å². The maximum atomic E-state index is 13.8. The van der Waals surface area contributed by atoms with Crippen LogP contribution in [0, 0.1) is 5.82 Å². The van der Waals surface area contributed by atoms with E-state index in [9.17, 15) is 9.50 Å². The first-order valence-corrected chi connectivity index (χ1v) is 6.02. The third kappa shape index (κ3) is 2.57. The zero-order valence-corrected chi connectivity index (χ0v) is 10.6. The molecule has 1 atom stereocenters. The summed E-state index contributed by atoms with van der Waals surface area (Å²) in [5, 5.41) is 9.88. The van der Waals surface area contributed by atoms with Gasteiger partial charge in [-0.2, -0.15) is 0 Å². The minimum Gasteiger partial charge on any atom is -0.388 e. The summed E-state index contributed by atoms with van der Waals surface area (Å²) >= 11 is 0. The number of rotatable bonds is 2. The van der Waals surface area contributed by atoms with Crippen molar-refractivity contribution in [1.29, 1.82) is 0 Å². The standard InChI is InChI=1S/C13H19FN2O/c1-9(2)12-11(14)6-10(7-15-12)16-5-4-13(3,17)8-16/h6-7,9,17H,4-5,8H2,1-3H3. The molecule has 3 nitrogen and oxygen atoms in total. The van der Waals surface area contributed by atoms with Crippen molar-refractivity contribution in [2.24, 2.45) is 0 Å². The first-order chi connectivity index (χ1) is 7.89. The average Bonchev–Trinajstić information content (AvgIpc) is 2.58. The Kier molecular flexibility index (Phi) is 3.08. The number of aromatic nitrogens is 1. The highest BCUT2D eigenvalue weighted by Gasteiger charge is 2.31. The van der Waals surface area contributed by atoms with Gasteiger partial charge in [-0.05, 0) is 19.3 Å². The summed E-state index contributed by atoms with van der Waals surface area (Å²) in [5.41, 5.74) is 0.581. The maximum absolute atomic E-state index is 13.8. The third-order valence-electron chi connectivity index (χ3n) is 3.22. The van der Waals surface area contributed by atoms with Crippen LogP contribution in [0.1, 0.15) is 38.8 Å². The van der Waals surface area contributed by atoms with Crippen LogP contribution in [-0.4, -0.2) is 28.8 Å². The SMILES string of the molecule is CC(C)c1ncc(N2CCC(C)(O)C2)cc1F. The predicted octanol–water partition coefficient (Wildman–Crippen LogP) is 2.31. The highest BCUT2D eigenvalue weighted by Crippen LogP contribution is 2.27. The second kappa shape index (κ2) is 4.26. The van der Waals surface area contributed by atoms with Crippen LogP contribution in [0.3, 0.4) is 0 Å². The van der Waals surface area contributed by atoms with E-state index in [1.807, 2.05) is 18.7 Å². The summed E-state index contributed by atoms with van der Waals surface area (Å²) in [6.07, 6.45) is 2.40. The van der Waals surface area contributed by atoms with Gasteiger partial charge in [0.25, 0.3) is 0 Å². The second-order valence-corrected chi connectivity index (χ2v) is 5.38. The van der Waals surface area contributed by atoms with Crippen molar-refractivity contribution >= 4 is 5.69 Å². The molecule has 0 aliphatic carbocycles. The van der Waals surface area contributed by atoms with E-state index in [2.05, 4.69) is 4.98 Å². The number of aliphatic hydroxyl groups is 1. The summed E-state index contributed by atoms with van der Waals surface area (Å²) in [4.78, 5) is 6.14. The Bertz CT molecular complexity index is 418. The lowest BCUT2D eigenvalue weighted by Crippen LogP contribution is -2.29. The van der Waals surface area contributed by atoms with E-state index < -0.39 is 5.60 Å². The molecule has 0 aromatic carbocycles. The molecular weight excluding hydrogens is 219 g/mol. The van der Waals surface area contributed by atoms with Gasteiger partial charge in [-0.25, -0.2) is 4.39 Å². The highest BCUT2D eigenvalue weighted by atomic mass is 19.1. The molecule has 94 valence electrons. The predicted molar refractivity (Wildman–Crippen MR) is 65.7 cm³/mol. The van der Waals surface area contributed by atoms with E-state index in [4.69, 9.17) is 0 Å². The number of pyridine rings is 1. The topological polar surface area (TPSA) is 36.4 Å². The Morgan fingerprint density at radius 1 is 1.53 bits per heavy atom. The fraction of sp³-hybridized carbons (Fsp3) is 0.615. The van der Waals surface area contributed by atoms with Gasteiger partial charge in [-0.15, -0.1) is 0 Å². The summed E-state index contributed by atoms with van der Waals surface area (Å²) in [6, 6.07) is 1.52. The van der Waals surface area contributed by atoms with Gasteiger partial charge >= 0.3 is 0 Å². The molecule has 0 radical (unpaired) electrons. The van der Waals surface area contributed by atoms with Crippen LogP contribution >= 0.6 is 0 Å². The zero-order valence-electron chi connectivity index (χ0n) is 10.6. The summed E-state index contributed by atoms with van der Waals surface area (Å²) in [7, 11) is 0. The lowest BCUT2D eigenvalue weighted by molar-refractivity contribution is 0.0839. The molecule has 1 aliphatic heterocycles. The van der Waals surface area contributed by atoms with Gasteiger partial charge in [0.05, 0.1) is 23.2 Å². The number of anilines is 1. The van der Waals surface area contributed by atoms with E-state index in [-0.39, 0.29) is 11.7 Å². The van der Waals surface area contributed by atoms with E-state index in [0.717, 1.165) is 12.2 Å². The monoisotopic (exact) mass is 238 g/mol. The Balaban J connectivity index is 2.21. The van der Waals surface area contributed by atoms with Crippen molar-refractivity contribution in [3.05, 3.63) is 23.8 Å². The molecule has 1 aliphatic rings. The second-order valence-electron chi connectivity index (χ2n) is 5.38. The van der Waals surface area contributed by atoms with Crippen LogP contribution < -0.4 is 4.90 Å². The van der Waals surface area contributed by atoms with E-state index in [0.29, 0.717) is 18.7 Å². The quantitative estimate of drug-likeness (QED) is 0.859. The molecule has 0 amide bonds. The van der Waals surface area contributed by atoms with Gasteiger partial charge < -0.3 is 10.0 Å². The van der Waals surface area contributed by atoms with Gasteiger partial charge in [0.15, 0.2) is 0 Å². The van der Waals surface area contributed by atoms with Crippen LogP contribution in [0.15, 0.2) is 12.3 Å². The molecule has 1 aromatic heterocycles. The summed E-state index contributed by atoms with van der Waals surface area (Å²) < 4.78 is 13.8. The molecule has 2 rings (SSSR count). The van der Waals surface area contributed by atoms with Gasteiger partial charge in [0.1, 0.15) is 5.82 Å². The van der Waals surface area contributed by atoms with Gasteiger partial charge in [0, 0.05) is 19.2 Å². The summed E-state index contributed by atoms with van der Waals surface area (Å²) in [6.45, 7) is 6.93. The van der Waals surface area contributed by atoms with Crippen molar-refractivity contribution in [2.45, 2.75) is 38.7 Å². The lowest BCUT2D eigenvalue weighted by atomic mass is 10.1. The fourth-order valence-corrected chi connectivity index (χ4v) is 2.20. The van der Waals surface area contributed by atoms with Crippen molar-refractivity contribution < 1.29 is 9.50 Å². The van der Waals surface area contributed by atoms with Crippen molar-refractivity contribution in [1.82, 2.24) is 4.98 Å². The Labute approximate surface area is 101 Å².